The van der Waals surface area contributed by atoms with Crippen molar-refractivity contribution >= 4 is 15.9 Å². The van der Waals surface area contributed by atoms with Crippen LogP contribution in [0.15, 0.2) is 28.9 Å². The van der Waals surface area contributed by atoms with Gasteiger partial charge in [-0.15, -0.1) is 0 Å². The zero-order chi connectivity index (χ0) is 12.4. The second-order valence-electron chi connectivity index (χ2n) is 3.89. The summed E-state index contributed by atoms with van der Waals surface area (Å²) in [5, 5.41) is 9.59. The number of nitrogens with zero attached hydrogens (tertiary/aromatic N) is 1. The lowest BCUT2D eigenvalue weighted by molar-refractivity contribution is 0.177. The number of aromatic nitrogens is 2. The van der Waals surface area contributed by atoms with Gasteiger partial charge in [-0.05, 0) is 24.6 Å². The number of aliphatic hydroxyl groups excluding tert-OH is 1. The summed E-state index contributed by atoms with van der Waals surface area (Å²) < 4.78 is 1.01. The molecule has 1 heterocycles. The zero-order valence-electron chi connectivity index (χ0n) is 9.44. The standard InChI is InChI=1S/C12H14BrN3O/c1-7-2-3-8(13)4-9(7)10-6-15-12(16-10)11(17)5-14/h2-4,6,11,17H,5,14H2,1H3,(H,15,16). The molecular formula is C12H14BrN3O. The third kappa shape index (κ3) is 2.57. The van der Waals surface area contributed by atoms with Crippen LogP contribution in [0.25, 0.3) is 11.3 Å². The molecule has 0 aliphatic carbocycles. The van der Waals surface area contributed by atoms with Crippen LogP contribution in [0.1, 0.15) is 17.5 Å². The largest absolute Gasteiger partial charge is 0.384 e. The number of nitrogens with two attached hydrogens (primary N) is 1. The highest BCUT2D eigenvalue weighted by molar-refractivity contribution is 9.10. The number of nitrogens with one attached hydrogen (secondary N) is 1. The summed E-state index contributed by atoms with van der Waals surface area (Å²) in [7, 11) is 0. The van der Waals surface area contributed by atoms with Gasteiger partial charge in [0.15, 0.2) is 0 Å². The Morgan fingerprint density at radius 2 is 2.29 bits per heavy atom. The number of hydrogen-bond donors (Lipinski definition) is 3. The Morgan fingerprint density at radius 3 is 3.00 bits per heavy atom. The summed E-state index contributed by atoms with van der Waals surface area (Å²) >= 11 is 3.44. The Balaban J connectivity index is 2.40. The van der Waals surface area contributed by atoms with E-state index in [1.165, 1.54) is 0 Å². The lowest BCUT2D eigenvalue weighted by Gasteiger charge is -2.05. The molecule has 0 amide bonds. The van der Waals surface area contributed by atoms with Crippen molar-refractivity contribution in [2.45, 2.75) is 13.0 Å². The van der Waals surface area contributed by atoms with E-state index in [0.29, 0.717) is 5.82 Å². The van der Waals surface area contributed by atoms with Gasteiger partial charge in [0.2, 0.25) is 0 Å². The first-order valence-electron chi connectivity index (χ1n) is 5.31. The van der Waals surface area contributed by atoms with Gasteiger partial charge in [-0.1, -0.05) is 22.0 Å². The number of halogens is 1. The van der Waals surface area contributed by atoms with Gasteiger partial charge in [-0.2, -0.15) is 0 Å². The normalized spacial score (nSPS) is 12.7. The molecule has 2 aromatic rings. The molecule has 1 aromatic carbocycles. The van der Waals surface area contributed by atoms with Crippen molar-refractivity contribution < 1.29 is 5.11 Å². The van der Waals surface area contributed by atoms with Gasteiger partial charge in [-0.3, -0.25) is 0 Å². The highest BCUT2D eigenvalue weighted by atomic mass is 79.9. The molecule has 1 atom stereocenters. The summed E-state index contributed by atoms with van der Waals surface area (Å²) in [6, 6.07) is 6.03. The number of rotatable bonds is 3. The van der Waals surface area contributed by atoms with Gasteiger partial charge >= 0.3 is 0 Å². The number of H-pyrrole nitrogens is 1. The molecule has 4 N–H and O–H groups in total. The van der Waals surface area contributed by atoms with Crippen LogP contribution in [-0.4, -0.2) is 21.6 Å². The molecule has 90 valence electrons. The fourth-order valence-corrected chi connectivity index (χ4v) is 2.00. The van der Waals surface area contributed by atoms with Crippen molar-refractivity contribution in [1.29, 1.82) is 0 Å². The number of benzene rings is 1. The third-order valence-electron chi connectivity index (χ3n) is 2.62. The Hall–Kier alpha value is -1.17. The third-order valence-corrected chi connectivity index (χ3v) is 3.12. The molecular weight excluding hydrogens is 282 g/mol. The molecule has 0 saturated heterocycles. The lowest BCUT2D eigenvalue weighted by atomic mass is 10.1. The second-order valence-corrected chi connectivity index (χ2v) is 4.81. The van der Waals surface area contributed by atoms with E-state index in [-0.39, 0.29) is 6.54 Å². The van der Waals surface area contributed by atoms with E-state index >= 15 is 0 Å². The number of aromatic amines is 1. The maximum atomic E-state index is 9.59. The van der Waals surface area contributed by atoms with Crippen molar-refractivity contribution in [2.24, 2.45) is 5.73 Å². The quantitative estimate of drug-likeness (QED) is 0.812. The molecule has 5 heteroatoms. The van der Waals surface area contributed by atoms with Crippen LogP contribution in [-0.2, 0) is 0 Å². The fourth-order valence-electron chi connectivity index (χ4n) is 1.64. The molecule has 0 spiro atoms. The average Bonchev–Trinajstić information content (AvgIpc) is 2.80. The molecule has 0 bridgehead atoms. The van der Waals surface area contributed by atoms with Crippen LogP contribution in [0.5, 0.6) is 0 Å². The Kier molecular flexibility index (Phi) is 3.61. The van der Waals surface area contributed by atoms with Crippen LogP contribution >= 0.6 is 15.9 Å². The second kappa shape index (κ2) is 5.00. The minimum Gasteiger partial charge on any atom is -0.384 e. The van der Waals surface area contributed by atoms with E-state index in [0.717, 1.165) is 21.3 Å². The first-order valence-corrected chi connectivity index (χ1v) is 6.10. The number of hydrogen-bond acceptors (Lipinski definition) is 3. The fraction of sp³-hybridized carbons (Fsp3) is 0.250. The first-order chi connectivity index (χ1) is 8.11. The van der Waals surface area contributed by atoms with Gasteiger partial charge in [-0.25, -0.2) is 4.98 Å². The van der Waals surface area contributed by atoms with Crippen LogP contribution < -0.4 is 5.73 Å². The summed E-state index contributed by atoms with van der Waals surface area (Å²) in [6.45, 7) is 2.19. The van der Waals surface area contributed by atoms with Crippen molar-refractivity contribution in [3.8, 4) is 11.3 Å². The Bertz CT molecular complexity index is 524. The van der Waals surface area contributed by atoms with Gasteiger partial charge in [0, 0.05) is 16.6 Å². The number of imidazole rings is 1. The highest BCUT2D eigenvalue weighted by Crippen LogP contribution is 2.26. The monoisotopic (exact) mass is 295 g/mol. The van der Waals surface area contributed by atoms with E-state index in [9.17, 15) is 5.11 Å². The van der Waals surface area contributed by atoms with E-state index in [4.69, 9.17) is 5.73 Å². The van der Waals surface area contributed by atoms with Crippen molar-refractivity contribution in [1.82, 2.24) is 9.97 Å². The van der Waals surface area contributed by atoms with E-state index in [2.05, 4.69) is 25.9 Å². The van der Waals surface area contributed by atoms with E-state index in [1.807, 2.05) is 25.1 Å². The first kappa shape index (κ1) is 12.3. The van der Waals surface area contributed by atoms with Gasteiger partial charge < -0.3 is 15.8 Å². The van der Waals surface area contributed by atoms with Crippen LogP contribution in [0.4, 0.5) is 0 Å². The van der Waals surface area contributed by atoms with E-state index < -0.39 is 6.10 Å². The van der Waals surface area contributed by atoms with Crippen molar-refractivity contribution in [2.75, 3.05) is 6.54 Å². The molecule has 0 aliphatic heterocycles. The van der Waals surface area contributed by atoms with Crippen molar-refractivity contribution in [3.63, 3.8) is 0 Å². The van der Waals surface area contributed by atoms with Crippen molar-refractivity contribution in [3.05, 3.63) is 40.3 Å². The maximum absolute atomic E-state index is 9.59. The van der Waals surface area contributed by atoms with E-state index in [1.54, 1.807) is 6.20 Å². The number of aryl methyl sites for hydroxylation is 1. The van der Waals surface area contributed by atoms with Crippen LogP contribution in [0, 0.1) is 6.92 Å². The lowest BCUT2D eigenvalue weighted by Crippen LogP contribution is -2.12. The minimum atomic E-state index is -0.740. The predicted molar refractivity (Wildman–Crippen MR) is 70.5 cm³/mol. The summed E-state index contributed by atoms with van der Waals surface area (Å²) in [4.78, 5) is 7.22. The molecule has 0 radical (unpaired) electrons. The molecule has 17 heavy (non-hydrogen) atoms. The molecule has 4 nitrogen and oxygen atoms in total. The average molecular weight is 296 g/mol. The minimum absolute atomic E-state index is 0.157. The summed E-state index contributed by atoms with van der Waals surface area (Å²) in [6.07, 6.45) is 0.972. The molecule has 2 rings (SSSR count). The van der Waals surface area contributed by atoms with Crippen LogP contribution in [0.3, 0.4) is 0 Å². The topological polar surface area (TPSA) is 74.9 Å². The van der Waals surface area contributed by atoms with Crippen LogP contribution in [0.2, 0.25) is 0 Å². The molecule has 0 aliphatic rings. The highest BCUT2D eigenvalue weighted by Gasteiger charge is 2.11. The molecule has 0 fully saturated rings. The molecule has 1 unspecified atom stereocenters. The van der Waals surface area contributed by atoms with Gasteiger partial charge in [0.25, 0.3) is 0 Å². The summed E-state index contributed by atoms with van der Waals surface area (Å²) in [5.74, 6) is 0.502. The number of aliphatic hydroxyl groups is 1. The Labute approximate surface area is 108 Å². The molecule has 0 saturated carbocycles. The SMILES string of the molecule is Cc1ccc(Br)cc1-c1cnc(C(O)CN)[nH]1. The summed E-state index contributed by atoms with van der Waals surface area (Å²) in [5.41, 5.74) is 8.47. The van der Waals surface area contributed by atoms with Gasteiger partial charge in [0.1, 0.15) is 11.9 Å². The van der Waals surface area contributed by atoms with Gasteiger partial charge in [0.05, 0.1) is 11.9 Å². The molecule has 1 aromatic heterocycles. The Morgan fingerprint density at radius 1 is 1.53 bits per heavy atom. The predicted octanol–water partition coefficient (Wildman–Crippen LogP) is 2.14. The maximum Gasteiger partial charge on any atom is 0.136 e. The smallest absolute Gasteiger partial charge is 0.136 e. The zero-order valence-corrected chi connectivity index (χ0v) is 11.0.